The van der Waals surface area contributed by atoms with Gasteiger partial charge in [0.2, 0.25) is 0 Å². The van der Waals surface area contributed by atoms with E-state index in [0.29, 0.717) is 16.7 Å². The number of hydrogen-bond acceptors (Lipinski definition) is 2. The molecule has 0 heterocycles. The van der Waals surface area contributed by atoms with E-state index in [9.17, 15) is 18.0 Å². The first kappa shape index (κ1) is 15.3. The predicted octanol–water partition coefficient (Wildman–Crippen LogP) is 3.77. The van der Waals surface area contributed by atoms with E-state index in [1.165, 1.54) is 6.07 Å². The fourth-order valence-corrected chi connectivity index (χ4v) is 1.99. The van der Waals surface area contributed by atoms with Gasteiger partial charge < -0.3 is 5.32 Å². The van der Waals surface area contributed by atoms with E-state index >= 15 is 0 Å². The zero-order valence-electron chi connectivity index (χ0n) is 11.4. The Kier molecular flexibility index (Phi) is 4.43. The second-order valence-electron chi connectivity index (χ2n) is 4.61. The Morgan fingerprint density at radius 1 is 1.05 bits per heavy atom. The minimum atomic E-state index is -4.36. The summed E-state index contributed by atoms with van der Waals surface area (Å²) in [4.78, 5) is 11.7. The van der Waals surface area contributed by atoms with Gasteiger partial charge in [-0.05, 0) is 30.3 Å². The number of nitrogens with one attached hydrogen (secondary N) is 1. The molecule has 21 heavy (non-hydrogen) atoms. The number of rotatable bonds is 4. The predicted molar refractivity (Wildman–Crippen MR) is 75.1 cm³/mol. The highest BCUT2D eigenvalue weighted by Gasteiger charge is 2.30. The van der Waals surface area contributed by atoms with Gasteiger partial charge in [-0.25, -0.2) is 0 Å². The second-order valence-corrected chi connectivity index (χ2v) is 4.61. The average Bonchev–Trinajstić information content (AvgIpc) is 2.47. The fraction of sp³-hybridized carbons (Fsp3) is 0.188. The Hall–Kier alpha value is -2.14. The largest absolute Gasteiger partial charge is 0.416 e. The highest BCUT2D eigenvalue weighted by Crippen LogP contribution is 2.32. The number of carbonyl (C=O) groups is 1. The first-order valence-corrected chi connectivity index (χ1v) is 6.37. The van der Waals surface area contributed by atoms with Gasteiger partial charge in [0.25, 0.3) is 0 Å². The number of likely N-dealkylation sites (N-methyl/N-ethyl adjacent to an activating group) is 1. The van der Waals surface area contributed by atoms with Gasteiger partial charge >= 0.3 is 6.18 Å². The summed E-state index contributed by atoms with van der Waals surface area (Å²) in [5.74, 6) is -0.0620. The molecule has 2 rings (SSSR count). The van der Waals surface area contributed by atoms with Crippen molar-refractivity contribution < 1.29 is 18.0 Å². The number of carbonyl (C=O) groups excluding carboxylic acids is 1. The minimum Gasteiger partial charge on any atom is -0.313 e. The Bertz CT molecular complexity index is 633. The molecule has 110 valence electrons. The molecule has 0 aliphatic carbocycles. The molecule has 0 aliphatic rings. The Morgan fingerprint density at radius 2 is 1.71 bits per heavy atom. The van der Waals surface area contributed by atoms with Crippen molar-refractivity contribution in [2.75, 3.05) is 13.6 Å². The highest BCUT2D eigenvalue weighted by atomic mass is 19.4. The van der Waals surface area contributed by atoms with Crippen LogP contribution < -0.4 is 5.32 Å². The molecule has 0 atom stereocenters. The summed E-state index contributed by atoms with van der Waals surface area (Å²) in [6, 6.07) is 11.7. The first-order chi connectivity index (χ1) is 9.91. The molecule has 0 saturated heterocycles. The summed E-state index contributed by atoms with van der Waals surface area (Å²) in [6.45, 7) is 0.225. The van der Waals surface area contributed by atoms with Crippen molar-refractivity contribution >= 4 is 5.78 Å². The summed E-state index contributed by atoms with van der Waals surface area (Å²) < 4.78 is 38.1. The van der Waals surface area contributed by atoms with Gasteiger partial charge in [0.05, 0.1) is 12.1 Å². The van der Waals surface area contributed by atoms with Crippen LogP contribution in [0.3, 0.4) is 0 Å². The maximum atomic E-state index is 12.7. The molecule has 0 aromatic heterocycles. The second kappa shape index (κ2) is 6.10. The van der Waals surface area contributed by atoms with Crippen LogP contribution in [0.4, 0.5) is 13.2 Å². The molecule has 5 heteroatoms. The maximum Gasteiger partial charge on any atom is 0.416 e. The molecule has 2 aromatic rings. The van der Waals surface area contributed by atoms with Crippen LogP contribution in [0.25, 0.3) is 11.1 Å². The summed E-state index contributed by atoms with van der Waals surface area (Å²) in [7, 11) is 1.68. The van der Waals surface area contributed by atoms with Crippen LogP contribution in [0.5, 0.6) is 0 Å². The van der Waals surface area contributed by atoms with Crippen molar-refractivity contribution in [1.29, 1.82) is 0 Å². The lowest BCUT2D eigenvalue weighted by atomic mass is 10.0. The van der Waals surface area contributed by atoms with Gasteiger partial charge in [-0.2, -0.15) is 13.2 Å². The smallest absolute Gasteiger partial charge is 0.313 e. The highest BCUT2D eigenvalue weighted by molar-refractivity contribution is 5.98. The lowest BCUT2D eigenvalue weighted by molar-refractivity contribution is -0.137. The molecule has 0 bridgehead atoms. The van der Waals surface area contributed by atoms with Crippen molar-refractivity contribution in [2.45, 2.75) is 6.18 Å². The third-order valence-corrected chi connectivity index (χ3v) is 3.07. The maximum absolute atomic E-state index is 12.7. The van der Waals surface area contributed by atoms with Gasteiger partial charge in [-0.1, -0.05) is 36.4 Å². The lowest BCUT2D eigenvalue weighted by Gasteiger charge is -2.09. The molecule has 0 spiro atoms. The van der Waals surface area contributed by atoms with Crippen LogP contribution in [0.1, 0.15) is 15.9 Å². The quantitative estimate of drug-likeness (QED) is 0.869. The zero-order chi connectivity index (χ0) is 15.5. The SMILES string of the molecule is CNCC(=O)c1ccc(-c2cccc(C(F)(F)F)c2)cc1. The average molecular weight is 293 g/mol. The summed E-state index contributed by atoms with van der Waals surface area (Å²) >= 11 is 0. The van der Waals surface area contributed by atoms with Crippen molar-refractivity contribution in [2.24, 2.45) is 0 Å². The van der Waals surface area contributed by atoms with Crippen molar-refractivity contribution in [3.8, 4) is 11.1 Å². The molecule has 0 unspecified atom stereocenters. The number of hydrogen-bond donors (Lipinski definition) is 1. The Labute approximate surface area is 120 Å². The van der Waals surface area contributed by atoms with E-state index in [4.69, 9.17) is 0 Å². The van der Waals surface area contributed by atoms with Crippen LogP contribution in [-0.2, 0) is 6.18 Å². The molecule has 0 fully saturated rings. The summed E-state index contributed by atoms with van der Waals surface area (Å²) in [5, 5.41) is 2.76. The topological polar surface area (TPSA) is 29.1 Å². The third kappa shape index (κ3) is 3.70. The number of ketones is 1. The molecular formula is C16H14F3NO. The summed E-state index contributed by atoms with van der Waals surface area (Å²) in [6.07, 6.45) is -4.36. The molecule has 0 saturated carbocycles. The molecular weight excluding hydrogens is 279 g/mol. The van der Waals surface area contributed by atoms with Crippen LogP contribution >= 0.6 is 0 Å². The van der Waals surface area contributed by atoms with E-state index in [2.05, 4.69) is 5.32 Å². The Balaban J connectivity index is 2.29. The molecule has 1 N–H and O–H groups in total. The number of alkyl halides is 3. The monoisotopic (exact) mass is 293 g/mol. The Morgan fingerprint density at radius 3 is 2.29 bits per heavy atom. The van der Waals surface area contributed by atoms with Gasteiger partial charge in [0, 0.05) is 5.56 Å². The minimum absolute atomic E-state index is 0.0620. The number of halogens is 3. The van der Waals surface area contributed by atoms with Crippen LogP contribution in [0, 0.1) is 0 Å². The van der Waals surface area contributed by atoms with E-state index in [0.717, 1.165) is 12.1 Å². The van der Waals surface area contributed by atoms with Crippen molar-refractivity contribution in [1.82, 2.24) is 5.32 Å². The van der Waals surface area contributed by atoms with Gasteiger partial charge in [0.15, 0.2) is 5.78 Å². The van der Waals surface area contributed by atoms with E-state index in [1.807, 2.05) is 0 Å². The fourth-order valence-electron chi connectivity index (χ4n) is 1.99. The molecule has 2 nitrogen and oxygen atoms in total. The molecule has 0 radical (unpaired) electrons. The van der Waals surface area contributed by atoms with E-state index in [1.54, 1.807) is 37.4 Å². The zero-order valence-corrected chi connectivity index (χ0v) is 11.4. The van der Waals surface area contributed by atoms with E-state index < -0.39 is 11.7 Å². The van der Waals surface area contributed by atoms with Gasteiger partial charge in [-0.3, -0.25) is 4.79 Å². The standard InChI is InChI=1S/C16H14F3NO/c1-20-10-15(21)12-7-5-11(6-8-12)13-3-2-4-14(9-13)16(17,18)19/h2-9,20H,10H2,1H3. The van der Waals surface area contributed by atoms with Crippen LogP contribution in [-0.4, -0.2) is 19.4 Å². The summed E-state index contributed by atoms with van der Waals surface area (Å²) in [5.41, 5.74) is 0.954. The third-order valence-electron chi connectivity index (χ3n) is 3.07. The molecule has 0 amide bonds. The lowest BCUT2D eigenvalue weighted by Crippen LogP contribution is -2.18. The van der Waals surface area contributed by atoms with Crippen molar-refractivity contribution in [3.63, 3.8) is 0 Å². The molecule has 2 aromatic carbocycles. The number of benzene rings is 2. The first-order valence-electron chi connectivity index (χ1n) is 6.37. The molecule has 0 aliphatic heterocycles. The van der Waals surface area contributed by atoms with Crippen LogP contribution in [0.15, 0.2) is 48.5 Å². The van der Waals surface area contributed by atoms with Gasteiger partial charge in [0.1, 0.15) is 0 Å². The van der Waals surface area contributed by atoms with Gasteiger partial charge in [-0.15, -0.1) is 0 Å². The van der Waals surface area contributed by atoms with Crippen LogP contribution in [0.2, 0.25) is 0 Å². The normalized spacial score (nSPS) is 11.4. The number of Topliss-reactive ketones (excluding diaryl/α,β-unsaturated/α-hetero) is 1. The van der Waals surface area contributed by atoms with Crippen molar-refractivity contribution in [3.05, 3.63) is 59.7 Å². The van der Waals surface area contributed by atoms with E-state index in [-0.39, 0.29) is 12.3 Å².